The normalized spacial score (nSPS) is 22.1. The van der Waals surface area contributed by atoms with Crippen molar-refractivity contribution >= 4 is 17.5 Å². The molecule has 1 saturated carbocycles. The molecule has 3 rings (SSSR count). The van der Waals surface area contributed by atoms with E-state index in [1.807, 2.05) is 25.7 Å². The van der Waals surface area contributed by atoms with E-state index >= 15 is 0 Å². The first-order chi connectivity index (χ1) is 8.75. The summed E-state index contributed by atoms with van der Waals surface area (Å²) in [7, 11) is 0. The van der Waals surface area contributed by atoms with E-state index in [0.29, 0.717) is 16.7 Å². The lowest BCUT2D eigenvalue weighted by atomic mass is 9.93. The van der Waals surface area contributed by atoms with Crippen molar-refractivity contribution < 1.29 is 14.3 Å². The molecule has 1 aromatic carbocycles. The van der Waals surface area contributed by atoms with E-state index in [9.17, 15) is 9.59 Å². The van der Waals surface area contributed by atoms with Crippen LogP contribution in [0.3, 0.4) is 0 Å². The van der Waals surface area contributed by atoms with Crippen LogP contribution in [0.1, 0.15) is 15.9 Å². The molecule has 0 aromatic heterocycles. The molecule has 0 spiro atoms. The lowest BCUT2D eigenvalue weighted by Gasteiger charge is -2.17. The van der Waals surface area contributed by atoms with Crippen LogP contribution in [-0.4, -0.2) is 11.9 Å². The van der Waals surface area contributed by atoms with E-state index in [-0.39, 0.29) is 0 Å². The van der Waals surface area contributed by atoms with Crippen LogP contribution in [0.4, 0.5) is 0 Å². The van der Waals surface area contributed by atoms with Gasteiger partial charge in [0, 0.05) is 11.5 Å². The summed E-state index contributed by atoms with van der Waals surface area (Å²) < 4.78 is 4.73. The molecule has 3 nitrogen and oxygen atoms in total. The number of allylic oxidation sites excluding steroid dienone is 1. The summed E-state index contributed by atoms with van der Waals surface area (Å²) in [5.74, 6) is -0.277. The van der Waals surface area contributed by atoms with Crippen LogP contribution in [0.5, 0.6) is 0 Å². The number of esters is 2. The molecule has 1 fully saturated rings. The average Bonchev–Trinajstić information content (AvgIpc) is 2.87. The van der Waals surface area contributed by atoms with Gasteiger partial charge in [-0.15, -0.1) is 0 Å². The lowest BCUT2D eigenvalue weighted by Crippen LogP contribution is -2.22. The first kappa shape index (κ1) is 11.2. The summed E-state index contributed by atoms with van der Waals surface area (Å²) in [6.07, 6.45) is 9.28. The topological polar surface area (TPSA) is 43.4 Å². The highest BCUT2D eigenvalue weighted by atomic mass is 16.6. The van der Waals surface area contributed by atoms with E-state index in [1.165, 1.54) is 0 Å². The fourth-order valence-corrected chi connectivity index (χ4v) is 1.99. The van der Waals surface area contributed by atoms with Gasteiger partial charge in [0.1, 0.15) is 0 Å². The molecule has 0 N–H and O–H groups in total. The number of hydrogen-bond acceptors (Lipinski definition) is 3. The minimum atomic E-state index is -0.597. The zero-order valence-corrected chi connectivity index (χ0v) is 9.42. The van der Waals surface area contributed by atoms with Crippen molar-refractivity contribution in [2.24, 2.45) is 0 Å². The van der Waals surface area contributed by atoms with E-state index in [0.717, 1.165) is 5.92 Å². The zero-order valence-electron chi connectivity index (χ0n) is 9.42. The van der Waals surface area contributed by atoms with Crippen LogP contribution >= 0.6 is 0 Å². The molecule has 87 valence electrons. The summed E-state index contributed by atoms with van der Waals surface area (Å²) >= 11 is 0. The van der Waals surface area contributed by atoms with Crippen molar-refractivity contribution in [1.29, 1.82) is 0 Å². The van der Waals surface area contributed by atoms with Gasteiger partial charge in [0.05, 0.1) is 11.1 Å². The van der Waals surface area contributed by atoms with Crippen LogP contribution in [0.2, 0.25) is 0 Å². The van der Waals surface area contributed by atoms with Crippen LogP contribution in [0, 0.1) is 31.6 Å². The molecule has 0 bridgehead atoms. The second-order valence-electron chi connectivity index (χ2n) is 4.00. The van der Waals surface area contributed by atoms with E-state index in [2.05, 4.69) is 0 Å². The van der Waals surface area contributed by atoms with Gasteiger partial charge in [0.15, 0.2) is 0 Å². The Morgan fingerprint density at radius 2 is 1.56 bits per heavy atom. The first-order valence-electron chi connectivity index (χ1n) is 5.55. The first-order valence-corrected chi connectivity index (χ1v) is 5.55. The molecule has 3 heteroatoms. The summed E-state index contributed by atoms with van der Waals surface area (Å²) in [5, 5.41) is 0. The molecule has 1 aliphatic carbocycles. The Labute approximate surface area is 105 Å². The molecule has 1 heterocycles. The third-order valence-corrected chi connectivity index (χ3v) is 2.84. The molecule has 0 unspecified atom stereocenters. The quantitative estimate of drug-likeness (QED) is 0.427. The van der Waals surface area contributed by atoms with E-state index in [4.69, 9.17) is 4.74 Å². The second kappa shape index (κ2) is 4.41. The lowest BCUT2D eigenvalue weighted by molar-refractivity contribution is -0.131. The molecule has 18 heavy (non-hydrogen) atoms. The van der Waals surface area contributed by atoms with E-state index < -0.39 is 11.9 Å². The van der Waals surface area contributed by atoms with Gasteiger partial charge in [-0.3, -0.25) is 0 Å². The smallest absolute Gasteiger partial charge is 0.346 e. The molecule has 1 aromatic rings. The number of ether oxygens (including phenoxy) is 1. The Morgan fingerprint density at radius 1 is 0.889 bits per heavy atom. The van der Waals surface area contributed by atoms with Gasteiger partial charge in [-0.25, -0.2) is 9.59 Å². The van der Waals surface area contributed by atoms with Crippen molar-refractivity contribution in [1.82, 2.24) is 0 Å². The van der Waals surface area contributed by atoms with Crippen LogP contribution in [-0.2, 0) is 9.53 Å². The predicted octanol–water partition coefficient (Wildman–Crippen LogP) is 2.17. The summed E-state index contributed by atoms with van der Waals surface area (Å²) in [5.41, 5.74) is 1.46. The predicted molar refractivity (Wildman–Crippen MR) is 65.3 cm³/mol. The zero-order chi connectivity index (χ0) is 12.5. The largest absolute Gasteiger partial charge is 0.386 e. The van der Waals surface area contributed by atoms with Gasteiger partial charge >= 0.3 is 11.9 Å². The van der Waals surface area contributed by atoms with Crippen molar-refractivity contribution in [3.63, 3.8) is 0 Å². The second-order valence-corrected chi connectivity index (χ2v) is 4.00. The minimum Gasteiger partial charge on any atom is -0.386 e. The number of cyclic esters (lactones) is 2. The van der Waals surface area contributed by atoms with Crippen LogP contribution in [0.25, 0.3) is 5.57 Å². The van der Waals surface area contributed by atoms with Crippen molar-refractivity contribution in [2.45, 2.75) is 0 Å². The Bertz CT molecular complexity index is 536. The monoisotopic (exact) mass is 237 g/mol. The molecular formula is C15H9O3. The minimum absolute atomic E-state index is 0.413. The van der Waals surface area contributed by atoms with Crippen molar-refractivity contribution in [3.05, 3.63) is 73.1 Å². The van der Waals surface area contributed by atoms with Gasteiger partial charge in [0.25, 0.3) is 0 Å². The van der Waals surface area contributed by atoms with Crippen LogP contribution in [0.15, 0.2) is 30.3 Å². The SMILES string of the molecule is O=C1OC(=O)c2ccccc2/C1=C\[C]1[CH][CH][CH][CH]1. The Morgan fingerprint density at radius 3 is 2.28 bits per heavy atom. The number of fused-ring (bicyclic) bond motifs is 1. The fraction of sp³-hybridized carbons (Fsp3) is 0. The maximum absolute atomic E-state index is 11.8. The van der Waals surface area contributed by atoms with Crippen LogP contribution < -0.4 is 0 Å². The van der Waals surface area contributed by atoms with Gasteiger partial charge in [-0.1, -0.05) is 24.3 Å². The van der Waals surface area contributed by atoms with Gasteiger partial charge in [-0.2, -0.15) is 0 Å². The van der Waals surface area contributed by atoms with E-state index in [1.54, 1.807) is 30.3 Å². The fourth-order valence-electron chi connectivity index (χ4n) is 1.99. The third kappa shape index (κ3) is 1.86. The number of benzene rings is 1. The molecule has 0 saturated heterocycles. The summed E-state index contributed by atoms with van der Waals surface area (Å²) in [4.78, 5) is 23.4. The number of carbonyl (C=O) groups excluding carboxylic acids is 2. The molecule has 0 atom stereocenters. The molecule has 1 aliphatic heterocycles. The highest BCUT2D eigenvalue weighted by molar-refractivity contribution is 6.26. The summed E-state index contributed by atoms with van der Waals surface area (Å²) in [6.45, 7) is 0. The Hall–Kier alpha value is -1.90. The van der Waals surface area contributed by atoms with Crippen molar-refractivity contribution in [3.8, 4) is 0 Å². The van der Waals surface area contributed by atoms with Gasteiger partial charge in [0.2, 0.25) is 0 Å². The molecular weight excluding hydrogens is 228 g/mol. The van der Waals surface area contributed by atoms with Crippen molar-refractivity contribution in [2.75, 3.05) is 0 Å². The third-order valence-electron chi connectivity index (χ3n) is 2.84. The summed E-state index contributed by atoms with van der Waals surface area (Å²) in [6, 6.07) is 6.95. The van der Waals surface area contributed by atoms with Gasteiger partial charge in [-0.05, 0) is 31.7 Å². The number of carbonyl (C=O) groups is 2. The standard InChI is InChI=1S/C15H9O3/c16-14-12-8-4-3-7-11(12)13(15(17)18-14)9-10-5-1-2-6-10/h1-9H/b13-9+. The Kier molecular flexibility index (Phi) is 2.74. The Balaban J connectivity index is 2.05. The highest BCUT2D eigenvalue weighted by Crippen LogP contribution is 2.32. The molecule has 2 aliphatic rings. The molecule has 5 radical (unpaired) electrons. The number of rotatable bonds is 1. The number of hydrogen-bond donors (Lipinski definition) is 0. The molecule has 0 amide bonds. The highest BCUT2D eigenvalue weighted by Gasteiger charge is 2.30. The van der Waals surface area contributed by atoms with Gasteiger partial charge < -0.3 is 4.74 Å². The maximum atomic E-state index is 11.8. The maximum Gasteiger partial charge on any atom is 0.346 e. The average molecular weight is 237 g/mol.